The van der Waals surface area contributed by atoms with Crippen molar-refractivity contribution >= 4 is 86.0 Å². The van der Waals surface area contributed by atoms with Crippen LogP contribution in [0.5, 0.6) is 0 Å². The lowest BCUT2D eigenvalue weighted by Gasteiger charge is -2.19. The van der Waals surface area contributed by atoms with Gasteiger partial charge in [-0.2, -0.15) is 0 Å². The van der Waals surface area contributed by atoms with Gasteiger partial charge >= 0.3 is 0 Å². The molecule has 0 saturated carbocycles. The summed E-state index contributed by atoms with van der Waals surface area (Å²) >= 11 is 1.82. The highest BCUT2D eigenvalue weighted by atomic mass is 32.1. The molecule has 0 aliphatic carbocycles. The van der Waals surface area contributed by atoms with Gasteiger partial charge in [-0.3, -0.25) is 0 Å². The van der Waals surface area contributed by atoms with Gasteiger partial charge in [0.05, 0.1) is 33.7 Å². The minimum atomic E-state index is 0.654. The largest absolute Gasteiger partial charge is 0.455 e. The van der Waals surface area contributed by atoms with Gasteiger partial charge < -0.3 is 8.98 Å². The Bertz CT molecular complexity index is 3630. The second-order valence-electron chi connectivity index (χ2n) is 14.9. The minimum Gasteiger partial charge on any atom is -0.455 e. The summed E-state index contributed by atoms with van der Waals surface area (Å²) in [7, 11) is 0. The summed E-state index contributed by atoms with van der Waals surface area (Å²) in [5.41, 5.74) is 12.2. The number of hydrogen-bond acceptors (Lipinski definition) is 4. The number of rotatable bonds is 2. The van der Waals surface area contributed by atoms with Gasteiger partial charge in [-0.15, -0.1) is 11.3 Å². The van der Waals surface area contributed by atoms with Gasteiger partial charge in [-0.1, -0.05) is 115 Å². The number of fused-ring (bicyclic) bond motifs is 16. The van der Waals surface area contributed by atoms with Crippen molar-refractivity contribution in [2.24, 2.45) is 0 Å². The third-order valence-corrected chi connectivity index (χ3v) is 12.9. The van der Waals surface area contributed by atoms with Gasteiger partial charge in [-0.05, 0) is 64.9 Å². The Morgan fingerprint density at radius 3 is 2.18 bits per heavy atom. The molecule has 260 valence electrons. The molecule has 0 radical (unpaired) electrons. The van der Waals surface area contributed by atoms with E-state index >= 15 is 0 Å². The normalized spacial score (nSPS) is 12.6. The number of nitrogens with zero attached hydrogens (tertiary/aromatic N) is 3. The molecular weight excluding hydrogens is 703 g/mol. The zero-order valence-corrected chi connectivity index (χ0v) is 30.8. The van der Waals surface area contributed by atoms with Crippen molar-refractivity contribution < 1.29 is 4.42 Å². The molecule has 0 spiro atoms. The van der Waals surface area contributed by atoms with Gasteiger partial charge in [-0.25, -0.2) is 9.97 Å². The molecule has 13 rings (SSSR count). The highest BCUT2D eigenvalue weighted by molar-refractivity contribution is 7.25. The maximum absolute atomic E-state index is 6.99. The van der Waals surface area contributed by atoms with Crippen LogP contribution in [0, 0.1) is 0 Å². The predicted molar refractivity (Wildman–Crippen MR) is 233 cm³/mol. The quantitative estimate of drug-likeness (QED) is 0.178. The second kappa shape index (κ2) is 11.2. The third kappa shape index (κ3) is 4.18. The Labute approximate surface area is 324 Å². The molecule has 0 N–H and O–H groups in total. The summed E-state index contributed by atoms with van der Waals surface area (Å²) in [5, 5.41) is 9.46. The predicted octanol–water partition coefficient (Wildman–Crippen LogP) is 13.9. The average molecular weight is 732 g/mol. The van der Waals surface area contributed by atoms with E-state index in [1.54, 1.807) is 0 Å². The summed E-state index contributed by atoms with van der Waals surface area (Å²) in [5.74, 6) is 0.704. The Hall–Kier alpha value is -7.08. The molecule has 4 aromatic heterocycles. The van der Waals surface area contributed by atoms with Crippen LogP contribution >= 0.6 is 11.3 Å². The van der Waals surface area contributed by atoms with Gasteiger partial charge in [0, 0.05) is 64.8 Å². The van der Waals surface area contributed by atoms with Gasteiger partial charge in [0.15, 0.2) is 5.82 Å². The maximum atomic E-state index is 6.99. The van der Waals surface area contributed by atoms with Crippen LogP contribution in [0.2, 0.25) is 0 Å². The van der Waals surface area contributed by atoms with E-state index in [-0.39, 0.29) is 0 Å². The fraction of sp³-hybridized carbons (Fsp3) is 0.0196. The summed E-state index contributed by atoms with van der Waals surface area (Å²) in [6.45, 7) is 0. The molecule has 8 aromatic carbocycles. The Balaban J connectivity index is 1.24. The van der Waals surface area contributed by atoms with E-state index < -0.39 is 0 Å². The zero-order valence-electron chi connectivity index (χ0n) is 30.0. The molecule has 0 saturated heterocycles. The molecule has 0 unspecified atom stereocenters. The van der Waals surface area contributed by atoms with Crippen LogP contribution in [-0.2, 0) is 6.42 Å². The number of furan rings is 1. The number of aromatic nitrogens is 3. The van der Waals surface area contributed by atoms with E-state index in [1.807, 2.05) is 17.4 Å². The maximum Gasteiger partial charge on any atom is 0.161 e. The Morgan fingerprint density at radius 2 is 1.27 bits per heavy atom. The van der Waals surface area contributed by atoms with Gasteiger partial charge in [0.25, 0.3) is 0 Å². The van der Waals surface area contributed by atoms with Crippen molar-refractivity contribution in [2.75, 3.05) is 0 Å². The van der Waals surface area contributed by atoms with Crippen LogP contribution in [0.4, 0.5) is 0 Å². The van der Waals surface area contributed by atoms with Crippen LogP contribution in [0.3, 0.4) is 0 Å². The summed E-state index contributed by atoms with van der Waals surface area (Å²) in [6, 6.07) is 59.0. The molecule has 56 heavy (non-hydrogen) atoms. The second-order valence-corrected chi connectivity index (χ2v) is 16.0. The van der Waals surface area contributed by atoms with Crippen molar-refractivity contribution in [1.82, 2.24) is 14.5 Å². The van der Waals surface area contributed by atoms with E-state index in [0.29, 0.717) is 12.2 Å². The molecule has 5 heterocycles. The van der Waals surface area contributed by atoms with E-state index in [0.717, 1.165) is 66.8 Å². The highest BCUT2D eigenvalue weighted by Gasteiger charge is 2.29. The first-order valence-electron chi connectivity index (χ1n) is 19.0. The van der Waals surface area contributed by atoms with E-state index in [1.165, 1.54) is 52.8 Å². The minimum absolute atomic E-state index is 0.654. The standard InChI is InChI=1S/C51H29N3OS/c1-2-11-30(12-3-1)48-39-25-29-21-22-33-38-27-31-13-4-5-14-32(31)28-42(38)54(41(33)26-29)40-24-23-35-34-15-6-8-18-43(34)55-50(35)47(40)49(39)53-51(52-48)37-17-10-20-45-46(37)36-16-7-9-19-44(36)56-45/h1-24,26-28H,25H2. The molecule has 1 aliphatic rings. The van der Waals surface area contributed by atoms with Crippen LogP contribution in [0.25, 0.3) is 114 Å². The van der Waals surface area contributed by atoms with Crippen LogP contribution in [-0.4, -0.2) is 14.5 Å². The molecule has 4 nitrogen and oxygen atoms in total. The molecule has 5 heteroatoms. The number of thiophene rings is 1. The fourth-order valence-electron chi connectivity index (χ4n) is 9.29. The average Bonchev–Trinajstić information content (AvgIpc) is 3.92. The smallest absolute Gasteiger partial charge is 0.161 e. The SMILES string of the molecule is c1ccc(-c2nc(-c3cccc4sc5ccccc5c34)nc3c2Cc2ccc4c5cc6ccccc6cc5n(c4c2)-c2ccc4c(oc5ccccc54)c2-3)cc1. The summed E-state index contributed by atoms with van der Waals surface area (Å²) in [6.07, 6.45) is 0.654. The third-order valence-electron chi connectivity index (χ3n) is 11.8. The van der Waals surface area contributed by atoms with Gasteiger partial charge in [0.1, 0.15) is 11.2 Å². The van der Waals surface area contributed by atoms with Crippen molar-refractivity contribution in [3.05, 3.63) is 175 Å². The van der Waals surface area contributed by atoms with Crippen molar-refractivity contribution in [2.45, 2.75) is 6.42 Å². The lowest BCUT2D eigenvalue weighted by atomic mass is 9.92. The Morgan fingerprint density at radius 1 is 0.536 bits per heavy atom. The van der Waals surface area contributed by atoms with E-state index in [4.69, 9.17) is 14.4 Å². The molecular formula is C51H29N3OS. The van der Waals surface area contributed by atoms with Crippen LogP contribution < -0.4 is 0 Å². The van der Waals surface area contributed by atoms with Crippen molar-refractivity contribution in [3.8, 4) is 39.6 Å². The zero-order chi connectivity index (χ0) is 36.5. The summed E-state index contributed by atoms with van der Waals surface area (Å²) in [4.78, 5) is 11.3. The first-order chi connectivity index (χ1) is 27.7. The molecule has 2 bridgehead atoms. The number of benzene rings is 8. The first-order valence-corrected chi connectivity index (χ1v) is 19.8. The van der Waals surface area contributed by atoms with Crippen molar-refractivity contribution in [3.63, 3.8) is 0 Å². The topological polar surface area (TPSA) is 43.9 Å². The highest BCUT2D eigenvalue weighted by Crippen LogP contribution is 2.48. The lowest BCUT2D eigenvalue weighted by Crippen LogP contribution is -2.06. The van der Waals surface area contributed by atoms with E-state index in [9.17, 15) is 0 Å². The molecule has 0 fully saturated rings. The number of hydrogen-bond donors (Lipinski definition) is 0. The van der Waals surface area contributed by atoms with Crippen molar-refractivity contribution in [1.29, 1.82) is 0 Å². The van der Waals surface area contributed by atoms with Crippen LogP contribution in [0.15, 0.2) is 168 Å². The Kier molecular flexibility index (Phi) is 6.07. The van der Waals surface area contributed by atoms with Gasteiger partial charge in [0.2, 0.25) is 0 Å². The molecule has 0 atom stereocenters. The fourth-order valence-corrected chi connectivity index (χ4v) is 10.4. The number of para-hydroxylation sites is 1. The van der Waals surface area contributed by atoms with E-state index in [2.05, 4.69) is 162 Å². The molecule has 12 aromatic rings. The monoisotopic (exact) mass is 731 g/mol. The first kappa shape index (κ1) is 30.3. The molecule has 1 aliphatic heterocycles. The van der Waals surface area contributed by atoms with Crippen LogP contribution in [0.1, 0.15) is 11.1 Å². The molecule has 0 amide bonds. The summed E-state index contributed by atoms with van der Waals surface area (Å²) < 4.78 is 11.9. The lowest BCUT2D eigenvalue weighted by molar-refractivity contribution is 0.669.